The van der Waals surface area contributed by atoms with Gasteiger partial charge in [0.2, 0.25) is 0 Å². The summed E-state index contributed by atoms with van der Waals surface area (Å²) in [5, 5.41) is 7.66. The summed E-state index contributed by atoms with van der Waals surface area (Å²) < 4.78 is 37.6. The lowest BCUT2D eigenvalue weighted by molar-refractivity contribution is -0.138. The van der Waals surface area contributed by atoms with Crippen LogP contribution in [0.25, 0.3) is 10.2 Å². The molecule has 0 aliphatic carbocycles. The molecule has 0 aliphatic heterocycles. The van der Waals surface area contributed by atoms with E-state index in [4.69, 9.17) is 5.11 Å². The van der Waals surface area contributed by atoms with E-state index in [2.05, 4.69) is 4.98 Å². The summed E-state index contributed by atoms with van der Waals surface area (Å²) in [6.45, 7) is 0. The Kier molecular flexibility index (Phi) is 2.78. The van der Waals surface area contributed by atoms with Crippen LogP contribution in [0.2, 0.25) is 0 Å². The lowest BCUT2D eigenvalue weighted by Gasteiger charge is -1.98. The number of aromatic nitrogens is 1. The summed E-state index contributed by atoms with van der Waals surface area (Å²) in [4.78, 5) is 13.9. The van der Waals surface area contributed by atoms with E-state index in [0.717, 1.165) is 0 Å². The van der Waals surface area contributed by atoms with Gasteiger partial charge in [-0.2, -0.15) is 13.2 Å². The number of halogens is 3. The molecule has 0 aliphatic rings. The highest BCUT2D eigenvalue weighted by molar-refractivity contribution is 7.18. The van der Waals surface area contributed by atoms with E-state index in [1.165, 1.54) is 18.2 Å². The van der Waals surface area contributed by atoms with Crippen molar-refractivity contribution in [3.63, 3.8) is 0 Å². The summed E-state index contributed by atoms with van der Waals surface area (Å²) in [6, 6.07) is 4.32. The third-order valence-electron chi connectivity index (χ3n) is 2.05. The highest BCUT2D eigenvalue weighted by Crippen LogP contribution is 2.35. The first kappa shape index (κ1) is 11.8. The van der Waals surface area contributed by atoms with Gasteiger partial charge in [0.05, 0.1) is 16.6 Å². The third kappa shape index (κ3) is 2.55. The third-order valence-corrected chi connectivity index (χ3v) is 3.13. The van der Waals surface area contributed by atoms with Crippen LogP contribution in [0.4, 0.5) is 13.2 Å². The van der Waals surface area contributed by atoms with Crippen LogP contribution in [-0.4, -0.2) is 16.1 Å². The van der Waals surface area contributed by atoms with Crippen molar-refractivity contribution in [2.24, 2.45) is 0 Å². The van der Waals surface area contributed by atoms with Gasteiger partial charge in [-0.05, 0) is 17.7 Å². The molecule has 1 aromatic heterocycles. The molecule has 1 heterocycles. The minimum atomic E-state index is -4.46. The number of nitrogens with zero attached hydrogens (tertiary/aromatic N) is 1. The van der Waals surface area contributed by atoms with Crippen molar-refractivity contribution in [3.8, 4) is 0 Å². The smallest absolute Gasteiger partial charge is 0.443 e. The van der Waals surface area contributed by atoms with E-state index < -0.39 is 17.2 Å². The van der Waals surface area contributed by atoms with Gasteiger partial charge in [0.25, 0.3) is 0 Å². The number of carboxylic acid groups (broad SMARTS) is 1. The van der Waals surface area contributed by atoms with Crippen LogP contribution >= 0.6 is 11.3 Å². The zero-order valence-corrected chi connectivity index (χ0v) is 9.10. The molecule has 0 fully saturated rings. The van der Waals surface area contributed by atoms with Crippen molar-refractivity contribution >= 4 is 27.5 Å². The second-order valence-corrected chi connectivity index (χ2v) is 4.42. The lowest BCUT2D eigenvalue weighted by Crippen LogP contribution is -2.03. The fraction of sp³-hybridized carbons (Fsp3) is 0.200. The van der Waals surface area contributed by atoms with E-state index in [9.17, 15) is 18.0 Å². The van der Waals surface area contributed by atoms with Crippen LogP contribution in [0.3, 0.4) is 0 Å². The number of rotatable bonds is 2. The standard InChI is InChI=1S/C10H6F3NO2S/c11-10(12,13)9-14-6-3-5(4-8(15)16)1-2-7(6)17-9/h1-3H,4H2,(H,15,16). The van der Waals surface area contributed by atoms with Crippen molar-refractivity contribution in [2.75, 3.05) is 0 Å². The highest BCUT2D eigenvalue weighted by atomic mass is 32.1. The molecule has 3 nitrogen and oxygen atoms in total. The molecular weight excluding hydrogens is 255 g/mol. The van der Waals surface area contributed by atoms with E-state index in [1.54, 1.807) is 0 Å². The van der Waals surface area contributed by atoms with Crippen molar-refractivity contribution in [3.05, 3.63) is 28.8 Å². The average Bonchev–Trinajstić information content (AvgIpc) is 2.58. The molecule has 0 saturated carbocycles. The summed E-state index contributed by atoms with van der Waals surface area (Å²) in [7, 11) is 0. The van der Waals surface area contributed by atoms with Gasteiger partial charge in [-0.25, -0.2) is 4.98 Å². The number of thiazole rings is 1. The lowest BCUT2D eigenvalue weighted by atomic mass is 10.1. The maximum Gasteiger partial charge on any atom is 0.443 e. The maximum absolute atomic E-state index is 12.4. The van der Waals surface area contributed by atoms with Gasteiger partial charge in [-0.3, -0.25) is 4.79 Å². The minimum absolute atomic E-state index is 0.182. The number of benzene rings is 1. The second-order valence-electron chi connectivity index (χ2n) is 3.39. The van der Waals surface area contributed by atoms with Gasteiger partial charge in [0.15, 0.2) is 5.01 Å². The largest absolute Gasteiger partial charge is 0.481 e. The molecule has 7 heteroatoms. The molecule has 17 heavy (non-hydrogen) atoms. The number of hydrogen-bond acceptors (Lipinski definition) is 3. The van der Waals surface area contributed by atoms with Crippen LogP contribution in [0.5, 0.6) is 0 Å². The Hall–Kier alpha value is -1.63. The fourth-order valence-corrected chi connectivity index (χ4v) is 2.19. The van der Waals surface area contributed by atoms with Crippen LogP contribution in [0.1, 0.15) is 10.6 Å². The molecule has 0 spiro atoms. The Labute approximate surface area is 97.5 Å². The number of alkyl halides is 3. The summed E-state index contributed by atoms with van der Waals surface area (Å²) in [6.07, 6.45) is -4.69. The molecule has 2 rings (SSSR count). The number of carbonyl (C=O) groups is 1. The molecule has 1 N–H and O–H groups in total. The topological polar surface area (TPSA) is 50.2 Å². The number of fused-ring (bicyclic) bond motifs is 1. The molecule has 0 radical (unpaired) electrons. The van der Waals surface area contributed by atoms with Gasteiger partial charge in [-0.1, -0.05) is 6.07 Å². The van der Waals surface area contributed by atoms with E-state index in [1.807, 2.05) is 0 Å². The average molecular weight is 261 g/mol. The first-order chi connectivity index (χ1) is 7.86. The Morgan fingerprint density at radius 1 is 1.41 bits per heavy atom. The monoisotopic (exact) mass is 261 g/mol. The predicted octanol–water partition coefficient (Wildman–Crippen LogP) is 2.94. The normalized spacial score (nSPS) is 11.9. The second kappa shape index (κ2) is 3.99. The number of aliphatic carboxylic acids is 1. The summed E-state index contributed by atoms with van der Waals surface area (Å²) >= 11 is 0.548. The predicted molar refractivity (Wildman–Crippen MR) is 56.0 cm³/mol. The van der Waals surface area contributed by atoms with Crippen molar-refractivity contribution < 1.29 is 23.1 Å². The Balaban J connectivity index is 2.44. The van der Waals surface area contributed by atoms with Crippen LogP contribution in [0.15, 0.2) is 18.2 Å². The SMILES string of the molecule is O=C(O)Cc1ccc2sc(C(F)(F)F)nc2c1. The number of carboxylic acids is 1. The fourth-order valence-electron chi connectivity index (χ4n) is 1.38. The van der Waals surface area contributed by atoms with Crippen molar-refractivity contribution in [2.45, 2.75) is 12.6 Å². The van der Waals surface area contributed by atoms with Gasteiger partial charge >= 0.3 is 12.1 Å². The highest BCUT2D eigenvalue weighted by Gasteiger charge is 2.34. The van der Waals surface area contributed by atoms with Gasteiger partial charge < -0.3 is 5.11 Å². The summed E-state index contributed by atoms with van der Waals surface area (Å²) in [5.41, 5.74) is 0.616. The molecule has 0 bridgehead atoms. The molecular formula is C10H6F3NO2S. The quantitative estimate of drug-likeness (QED) is 0.904. The van der Waals surface area contributed by atoms with Crippen LogP contribution in [0, 0.1) is 0 Å². The first-order valence-electron chi connectivity index (χ1n) is 4.55. The summed E-state index contributed by atoms with van der Waals surface area (Å²) in [5.74, 6) is -1.03. The van der Waals surface area contributed by atoms with Crippen molar-refractivity contribution in [1.29, 1.82) is 0 Å². The van der Waals surface area contributed by atoms with E-state index >= 15 is 0 Å². The molecule has 0 atom stereocenters. The molecule has 0 amide bonds. The Bertz CT molecular complexity index is 576. The van der Waals surface area contributed by atoms with E-state index in [0.29, 0.717) is 21.6 Å². The maximum atomic E-state index is 12.4. The van der Waals surface area contributed by atoms with Crippen LogP contribution in [-0.2, 0) is 17.4 Å². The Morgan fingerprint density at radius 2 is 2.12 bits per heavy atom. The Morgan fingerprint density at radius 3 is 2.71 bits per heavy atom. The molecule has 1 aromatic carbocycles. The van der Waals surface area contributed by atoms with Crippen molar-refractivity contribution in [1.82, 2.24) is 4.98 Å². The van der Waals surface area contributed by atoms with E-state index in [-0.39, 0.29) is 11.9 Å². The van der Waals surface area contributed by atoms with Gasteiger partial charge in [0.1, 0.15) is 0 Å². The first-order valence-corrected chi connectivity index (χ1v) is 5.36. The zero-order chi connectivity index (χ0) is 12.6. The minimum Gasteiger partial charge on any atom is -0.481 e. The molecule has 0 unspecified atom stereocenters. The number of hydrogen-bond donors (Lipinski definition) is 1. The molecule has 2 aromatic rings. The van der Waals surface area contributed by atoms with Gasteiger partial charge in [0, 0.05) is 0 Å². The molecule has 0 saturated heterocycles. The van der Waals surface area contributed by atoms with Crippen LogP contribution < -0.4 is 0 Å². The van der Waals surface area contributed by atoms with Gasteiger partial charge in [-0.15, -0.1) is 11.3 Å². The molecule has 90 valence electrons. The zero-order valence-electron chi connectivity index (χ0n) is 8.28.